The van der Waals surface area contributed by atoms with E-state index < -0.39 is 6.04 Å². The predicted octanol–water partition coefficient (Wildman–Crippen LogP) is 3.59. The van der Waals surface area contributed by atoms with E-state index in [0.717, 1.165) is 0 Å². The summed E-state index contributed by atoms with van der Waals surface area (Å²) < 4.78 is 28.9. The molecule has 0 atom stereocenters. The topological polar surface area (TPSA) is 23.6 Å². The van der Waals surface area contributed by atoms with Crippen LogP contribution in [0.4, 0.5) is 8.78 Å². The van der Waals surface area contributed by atoms with Gasteiger partial charge in [-0.1, -0.05) is 52.3 Å². The minimum absolute atomic E-state index is 0.0352. The Morgan fingerprint density at radius 1 is 0.920 bits per heavy atom. The molecule has 0 aliphatic carbocycles. The van der Waals surface area contributed by atoms with E-state index in [0.29, 0.717) is 37.3 Å². The molecule has 1 aliphatic rings. The van der Waals surface area contributed by atoms with E-state index in [2.05, 4.69) is 15.9 Å². The van der Waals surface area contributed by atoms with Crippen molar-refractivity contribution in [1.29, 1.82) is 0 Å². The molecule has 0 N–H and O–H groups in total. The Morgan fingerprint density at radius 2 is 1.40 bits per heavy atom. The van der Waals surface area contributed by atoms with Gasteiger partial charge in [0.05, 0.1) is 11.4 Å². The molecule has 2 aromatic carbocycles. The molecule has 1 fully saturated rings. The van der Waals surface area contributed by atoms with Gasteiger partial charge in [-0.15, -0.1) is 0 Å². The quantitative estimate of drug-likeness (QED) is 0.721. The van der Waals surface area contributed by atoms with E-state index in [1.165, 1.54) is 12.1 Å². The first-order valence-electron chi connectivity index (χ1n) is 8.18. The van der Waals surface area contributed by atoms with Gasteiger partial charge in [-0.3, -0.25) is 9.69 Å². The average Bonchev–Trinajstić information content (AvgIpc) is 2.65. The fourth-order valence-electron chi connectivity index (χ4n) is 3.27. The third-order valence-electron chi connectivity index (χ3n) is 4.55. The van der Waals surface area contributed by atoms with Crippen LogP contribution in [-0.4, -0.2) is 47.2 Å². The molecule has 0 unspecified atom stereocenters. The Labute approximate surface area is 154 Å². The van der Waals surface area contributed by atoms with Gasteiger partial charge in [0, 0.05) is 37.3 Å². The van der Waals surface area contributed by atoms with E-state index in [1.54, 1.807) is 41.3 Å². The normalized spacial score (nSPS) is 15.6. The Kier molecular flexibility index (Phi) is 5.81. The molecule has 0 saturated carbocycles. The second-order valence-corrected chi connectivity index (χ2v) is 6.56. The molecule has 1 amide bonds. The second kappa shape index (κ2) is 8.06. The van der Waals surface area contributed by atoms with Crippen LogP contribution in [-0.2, 0) is 4.79 Å². The van der Waals surface area contributed by atoms with E-state index in [9.17, 15) is 13.6 Å². The Balaban J connectivity index is 1.92. The highest BCUT2D eigenvalue weighted by Gasteiger charge is 2.30. The minimum atomic E-state index is -0.511. The van der Waals surface area contributed by atoms with Gasteiger partial charge in [-0.2, -0.15) is 0 Å². The van der Waals surface area contributed by atoms with Crippen LogP contribution in [0.25, 0.3) is 0 Å². The zero-order valence-corrected chi connectivity index (χ0v) is 15.3. The lowest BCUT2D eigenvalue weighted by molar-refractivity contribution is -0.130. The standard InChI is InChI=1S/C19H19BrF2N2O/c20-13-18(25)23-9-11-24(12-10-23)19(14-5-1-3-7-16(14)21)15-6-2-4-8-17(15)22/h1-8,19H,9-13H2. The second-order valence-electron chi connectivity index (χ2n) is 6.00. The first kappa shape index (κ1) is 18.0. The van der Waals surface area contributed by atoms with Crippen molar-refractivity contribution in [1.82, 2.24) is 9.80 Å². The molecule has 1 heterocycles. The van der Waals surface area contributed by atoms with E-state index >= 15 is 0 Å². The number of alkyl halides is 1. The number of amides is 1. The fraction of sp³-hybridized carbons (Fsp3) is 0.316. The first-order valence-corrected chi connectivity index (χ1v) is 9.30. The van der Waals surface area contributed by atoms with Crippen LogP contribution in [0.2, 0.25) is 0 Å². The molecule has 0 spiro atoms. The van der Waals surface area contributed by atoms with E-state index in [-0.39, 0.29) is 22.9 Å². The van der Waals surface area contributed by atoms with Crippen molar-refractivity contribution in [3.63, 3.8) is 0 Å². The van der Waals surface area contributed by atoms with Gasteiger partial charge in [0.25, 0.3) is 0 Å². The number of benzene rings is 2. The monoisotopic (exact) mass is 408 g/mol. The van der Waals surface area contributed by atoms with Crippen molar-refractivity contribution in [3.05, 3.63) is 71.3 Å². The molecule has 132 valence electrons. The van der Waals surface area contributed by atoms with Crippen LogP contribution in [0.5, 0.6) is 0 Å². The molecule has 0 radical (unpaired) electrons. The van der Waals surface area contributed by atoms with Crippen molar-refractivity contribution in [2.24, 2.45) is 0 Å². The summed E-state index contributed by atoms with van der Waals surface area (Å²) in [6.45, 7) is 2.21. The van der Waals surface area contributed by atoms with E-state index in [1.807, 2.05) is 4.90 Å². The van der Waals surface area contributed by atoms with Crippen LogP contribution < -0.4 is 0 Å². The summed E-state index contributed by atoms with van der Waals surface area (Å²) in [7, 11) is 0. The maximum atomic E-state index is 14.5. The lowest BCUT2D eigenvalue weighted by Gasteiger charge is -2.39. The lowest BCUT2D eigenvalue weighted by atomic mass is 9.95. The lowest BCUT2D eigenvalue weighted by Crippen LogP contribution is -2.50. The summed E-state index contributed by atoms with van der Waals surface area (Å²) in [5, 5.41) is 0.289. The molecular weight excluding hydrogens is 390 g/mol. The molecule has 3 nitrogen and oxygen atoms in total. The van der Waals surface area contributed by atoms with Gasteiger partial charge in [0.2, 0.25) is 5.91 Å². The summed E-state index contributed by atoms with van der Waals surface area (Å²) >= 11 is 3.18. The Bertz CT molecular complexity index is 702. The van der Waals surface area contributed by atoms with Gasteiger partial charge >= 0.3 is 0 Å². The van der Waals surface area contributed by atoms with Crippen molar-refractivity contribution in [3.8, 4) is 0 Å². The van der Waals surface area contributed by atoms with Crippen molar-refractivity contribution < 1.29 is 13.6 Å². The number of rotatable bonds is 4. The average molecular weight is 409 g/mol. The molecule has 1 aliphatic heterocycles. The highest BCUT2D eigenvalue weighted by atomic mass is 79.9. The van der Waals surface area contributed by atoms with Crippen LogP contribution in [0.15, 0.2) is 48.5 Å². The Hall–Kier alpha value is -1.79. The van der Waals surface area contributed by atoms with E-state index in [4.69, 9.17) is 0 Å². The third-order valence-corrected chi connectivity index (χ3v) is 5.03. The Morgan fingerprint density at radius 3 is 1.84 bits per heavy atom. The highest BCUT2D eigenvalue weighted by Crippen LogP contribution is 2.32. The molecule has 6 heteroatoms. The number of hydrogen-bond donors (Lipinski definition) is 0. The largest absolute Gasteiger partial charge is 0.339 e. The predicted molar refractivity (Wildman–Crippen MR) is 96.6 cm³/mol. The summed E-state index contributed by atoms with van der Waals surface area (Å²) in [6, 6.07) is 12.5. The summed E-state index contributed by atoms with van der Waals surface area (Å²) in [5.41, 5.74) is 0.903. The van der Waals surface area contributed by atoms with Crippen molar-refractivity contribution >= 4 is 21.8 Å². The SMILES string of the molecule is O=C(CBr)N1CCN(C(c2ccccc2F)c2ccccc2F)CC1. The van der Waals surface area contributed by atoms with Crippen LogP contribution >= 0.6 is 15.9 Å². The first-order chi connectivity index (χ1) is 12.1. The smallest absolute Gasteiger partial charge is 0.233 e. The van der Waals surface area contributed by atoms with Gasteiger partial charge in [-0.25, -0.2) is 8.78 Å². The number of carbonyl (C=O) groups excluding carboxylic acids is 1. The zero-order chi connectivity index (χ0) is 17.8. The molecular formula is C19H19BrF2N2O. The van der Waals surface area contributed by atoms with Crippen LogP contribution in [0.3, 0.4) is 0 Å². The maximum absolute atomic E-state index is 14.5. The van der Waals surface area contributed by atoms with Crippen LogP contribution in [0.1, 0.15) is 17.2 Å². The van der Waals surface area contributed by atoms with Crippen molar-refractivity contribution in [2.45, 2.75) is 6.04 Å². The number of piperazine rings is 1. The van der Waals surface area contributed by atoms with Gasteiger partial charge < -0.3 is 4.90 Å². The van der Waals surface area contributed by atoms with Gasteiger partial charge in [0.15, 0.2) is 0 Å². The molecule has 1 saturated heterocycles. The fourth-order valence-corrected chi connectivity index (χ4v) is 3.62. The minimum Gasteiger partial charge on any atom is -0.339 e. The molecule has 0 bridgehead atoms. The summed E-state index contributed by atoms with van der Waals surface area (Å²) in [4.78, 5) is 15.6. The number of nitrogens with zero attached hydrogens (tertiary/aromatic N) is 2. The number of hydrogen-bond acceptors (Lipinski definition) is 2. The molecule has 2 aromatic rings. The van der Waals surface area contributed by atoms with Gasteiger partial charge in [-0.05, 0) is 12.1 Å². The highest BCUT2D eigenvalue weighted by molar-refractivity contribution is 9.09. The third kappa shape index (κ3) is 3.90. The molecule has 3 rings (SSSR count). The van der Waals surface area contributed by atoms with Gasteiger partial charge in [0.1, 0.15) is 11.6 Å². The molecule has 25 heavy (non-hydrogen) atoms. The summed E-state index contributed by atoms with van der Waals surface area (Å²) in [6.07, 6.45) is 0. The molecule has 0 aromatic heterocycles. The zero-order valence-electron chi connectivity index (χ0n) is 13.7. The maximum Gasteiger partial charge on any atom is 0.233 e. The summed E-state index contributed by atoms with van der Waals surface area (Å²) in [5.74, 6) is -0.669. The van der Waals surface area contributed by atoms with Crippen molar-refractivity contribution in [2.75, 3.05) is 31.5 Å². The number of halogens is 3. The van der Waals surface area contributed by atoms with Crippen LogP contribution in [0, 0.1) is 11.6 Å². The number of carbonyl (C=O) groups is 1.